The zero-order chi connectivity index (χ0) is 11.1. The third-order valence-electron chi connectivity index (χ3n) is 3.11. The van der Waals surface area contributed by atoms with Crippen molar-refractivity contribution in [2.75, 3.05) is 13.6 Å². The smallest absolute Gasteiger partial charge is 0.318 e. The van der Waals surface area contributed by atoms with Gasteiger partial charge in [0.15, 0.2) is 0 Å². The monoisotopic (exact) mass is 221 g/mol. The molecule has 90 valence electrons. The van der Waals surface area contributed by atoms with Crippen LogP contribution in [-0.2, 0) is 4.74 Å². The second kappa shape index (κ2) is 7.12. The Morgan fingerprint density at radius 1 is 1.20 bits per heavy atom. The third-order valence-corrected chi connectivity index (χ3v) is 3.11. The topological polar surface area (TPSA) is 21.3 Å². The first-order chi connectivity index (χ1) is 7.24. The van der Waals surface area contributed by atoms with Gasteiger partial charge in [-0.15, -0.1) is 0 Å². The van der Waals surface area contributed by atoms with Gasteiger partial charge in [-0.1, -0.05) is 25.7 Å². The maximum atomic E-state index is 12.2. The normalized spacial score (nSPS) is 21.6. The Morgan fingerprint density at radius 3 is 2.27 bits per heavy atom. The second-order valence-corrected chi connectivity index (χ2v) is 4.24. The van der Waals surface area contributed by atoms with Crippen molar-refractivity contribution in [1.29, 1.82) is 0 Å². The van der Waals surface area contributed by atoms with Gasteiger partial charge >= 0.3 is 6.61 Å². The minimum absolute atomic E-state index is 0.300. The zero-order valence-corrected chi connectivity index (χ0v) is 9.35. The van der Waals surface area contributed by atoms with E-state index in [0.717, 1.165) is 25.7 Å². The summed E-state index contributed by atoms with van der Waals surface area (Å²) in [6.45, 7) is -2.12. The van der Waals surface area contributed by atoms with Crippen molar-refractivity contribution < 1.29 is 13.5 Å². The molecule has 1 fully saturated rings. The molecule has 0 aromatic carbocycles. The van der Waals surface area contributed by atoms with Gasteiger partial charge in [0.05, 0.1) is 6.10 Å². The zero-order valence-electron chi connectivity index (χ0n) is 9.35. The molecule has 0 aromatic heterocycles. The maximum Gasteiger partial charge on any atom is 0.345 e. The standard InChI is InChI=1S/C11H21F2NO/c1-14-8-10(15-11(12)13)9-6-4-2-3-5-7-9/h9-11,14H,2-8H2,1H3. The number of alkyl halides is 2. The third kappa shape index (κ3) is 4.89. The minimum Gasteiger partial charge on any atom is -0.318 e. The van der Waals surface area contributed by atoms with Gasteiger partial charge in [0.1, 0.15) is 0 Å². The molecule has 1 unspecified atom stereocenters. The summed E-state index contributed by atoms with van der Waals surface area (Å²) < 4.78 is 29.1. The average Bonchev–Trinajstić information content (AvgIpc) is 2.44. The van der Waals surface area contributed by atoms with E-state index < -0.39 is 6.61 Å². The van der Waals surface area contributed by atoms with Crippen molar-refractivity contribution in [3.05, 3.63) is 0 Å². The van der Waals surface area contributed by atoms with Crippen LogP contribution in [0.1, 0.15) is 38.5 Å². The summed E-state index contributed by atoms with van der Waals surface area (Å²) in [7, 11) is 1.78. The molecule has 4 heteroatoms. The van der Waals surface area contributed by atoms with Crippen molar-refractivity contribution in [2.24, 2.45) is 5.92 Å². The molecule has 1 rings (SSSR count). The molecule has 1 aliphatic rings. The quantitative estimate of drug-likeness (QED) is 0.721. The highest BCUT2D eigenvalue weighted by Crippen LogP contribution is 2.27. The van der Waals surface area contributed by atoms with Crippen LogP contribution in [0.5, 0.6) is 0 Å². The van der Waals surface area contributed by atoms with Crippen molar-refractivity contribution in [3.8, 4) is 0 Å². The second-order valence-electron chi connectivity index (χ2n) is 4.24. The van der Waals surface area contributed by atoms with E-state index in [2.05, 4.69) is 10.1 Å². The van der Waals surface area contributed by atoms with Crippen LogP contribution in [0.3, 0.4) is 0 Å². The molecule has 0 aromatic rings. The Hall–Kier alpha value is -0.220. The summed E-state index contributed by atoms with van der Waals surface area (Å²) in [5.74, 6) is 0.300. The van der Waals surface area contributed by atoms with Crippen molar-refractivity contribution in [3.63, 3.8) is 0 Å². The highest BCUT2D eigenvalue weighted by molar-refractivity contribution is 4.74. The first kappa shape index (κ1) is 12.8. The molecule has 1 aliphatic carbocycles. The fourth-order valence-corrected chi connectivity index (χ4v) is 2.34. The van der Waals surface area contributed by atoms with Crippen LogP contribution in [0.15, 0.2) is 0 Å². The van der Waals surface area contributed by atoms with E-state index >= 15 is 0 Å². The first-order valence-electron chi connectivity index (χ1n) is 5.82. The van der Waals surface area contributed by atoms with Gasteiger partial charge in [-0.3, -0.25) is 0 Å². The molecule has 0 spiro atoms. The fraction of sp³-hybridized carbons (Fsp3) is 1.00. The van der Waals surface area contributed by atoms with Crippen molar-refractivity contribution in [2.45, 2.75) is 51.2 Å². The summed E-state index contributed by atoms with van der Waals surface area (Å²) in [6, 6.07) is 0. The van der Waals surface area contributed by atoms with Crippen LogP contribution >= 0.6 is 0 Å². The average molecular weight is 221 g/mol. The Morgan fingerprint density at radius 2 is 1.80 bits per heavy atom. The van der Waals surface area contributed by atoms with Crippen LogP contribution in [0.25, 0.3) is 0 Å². The van der Waals surface area contributed by atoms with E-state index in [1.165, 1.54) is 12.8 Å². The fourth-order valence-electron chi connectivity index (χ4n) is 2.34. The van der Waals surface area contributed by atoms with Crippen LogP contribution in [-0.4, -0.2) is 26.3 Å². The van der Waals surface area contributed by atoms with Gasteiger partial charge in [0.25, 0.3) is 0 Å². The van der Waals surface area contributed by atoms with E-state index in [9.17, 15) is 8.78 Å². The van der Waals surface area contributed by atoms with E-state index in [4.69, 9.17) is 0 Å². The number of hydrogen-bond donors (Lipinski definition) is 1. The van der Waals surface area contributed by atoms with Gasteiger partial charge < -0.3 is 10.1 Å². The summed E-state index contributed by atoms with van der Waals surface area (Å²) in [6.07, 6.45) is 6.50. The summed E-state index contributed by atoms with van der Waals surface area (Å²) in [5, 5.41) is 2.93. The van der Waals surface area contributed by atoms with Crippen LogP contribution in [0.2, 0.25) is 0 Å². The molecule has 0 heterocycles. The molecular formula is C11H21F2NO. The van der Waals surface area contributed by atoms with Crippen LogP contribution in [0, 0.1) is 5.92 Å². The predicted molar refractivity (Wildman–Crippen MR) is 56.0 cm³/mol. The summed E-state index contributed by atoms with van der Waals surface area (Å²) >= 11 is 0. The van der Waals surface area contributed by atoms with Gasteiger partial charge in [-0.2, -0.15) is 8.78 Å². The molecule has 2 nitrogen and oxygen atoms in total. The van der Waals surface area contributed by atoms with Crippen molar-refractivity contribution in [1.82, 2.24) is 5.32 Å². The van der Waals surface area contributed by atoms with Gasteiger partial charge in [-0.25, -0.2) is 0 Å². The van der Waals surface area contributed by atoms with Crippen molar-refractivity contribution >= 4 is 0 Å². The summed E-state index contributed by atoms with van der Waals surface area (Å²) in [5.41, 5.74) is 0. The summed E-state index contributed by atoms with van der Waals surface area (Å²) in [4.78, 5) is 0. The van der Waals surface area contributed by atoms with Gasteiger partial charge in [-0.05, 0) is 25.8 Å². The Labute approximate surface area is 90.4 Å². The van der Waals surface area contributed by atoms with E-state index in [1.807, 2.05) is 0 Å². The van der Waals surface area contributed by atoms with E-state index in [0.29, 0.717) is 12.5 Å². The number of likely N-dealkylation sites (N-methyl/N-ethyl adjacent to an activating group) is 1. The molecule has 0 aliphatic heterocycles. The SMILES string of the molecule is CNCC(OC(F)F)C1CCCCCC1. The number of ether oxygens (including phenoxy) is 1. The molecule has 0 radical (unpaired) electrons. The molecule has 0 bridgehead atoms. The number of halogens is 2. The maximum absolute atomic E-state index is 12.2. The molecule has 0 amide bonds. The molecule has 0 saturated heterocycles. The van der Waals surface area contributed by atoms with Crippen LogP contribution in [0.4, 0.5) is 8.78 Å². The highest BCUT2D eigenvalue weighted by atomic mass is 19.3. The molecular weight excluding hydrogens is 200 g/mol. The minimum atomic E-state index is -2.65. The highest BCUT2D eigenvalue weighted by Gasteiger charge is 2.25. The molecule has 1 N–H and O–H groups in total. The van der Waals surface area contributed by atoms with E-state index in [1.54, 1.807) is 7.05 Å². The van der Waals surface area contributed by atoms with E-state index in [-0.39, 0.29) is 6.10 Å². The lowest BCUT2D eigenvalue weighted by atomic mass is 9.94. The lowest BCUT2D eigenvalue weighted by molar-refractivity contribution is -0.175. The largest absolute Gasteiger partial charge is 0.345 e. The Kier molecular flexibility index (Phi) is 6.10. The number of nitrogens with one attached hydrogen (secondary N) is 1. The lowest BCUT2D eigenvalue weighted by Gasteiger charge is -2.25. The molecule has 1 atom stereocenters. The van der Waals surface area contributed by atoms with Gasteiger partial charge in [0, 0.05) is 6.54 Å². The number of rotatable bonds is 5. The van der Waals surface area contributed by atoms with Gasteiger partial charge in [0.2, 0.25) is 0 Å². The Bertz CT molecular complexity index is 159. The molecule has 1 saturated carbocycles. The molecule has 15 heavy (non-hydrogen) atoms. The van der Waals surface area contributed by atoms with Crippen LogP contribution < -0.4 is 5.32 Å². The Balaban J connectivity index is 2.44. The first-order valence-corrected chi connectivity index (χ1v) is 5.82. The predicted octanol–water partition coefficient (Wildman–Crippen LogP) is 2.78. The lowest BCUT2D eigenvalue weighted by Crippen LogP contribution is -2.35. The number of hydrogen-bond acceptors (Lipinski definition) is 2.